The van der Waals surface area contributed by atoms with Gasteiger partial charge in [0.1, 0.15) is 0 Å². The van der Waals surface area contributed by atoms with E-state index in [0.29, 0.717) is 35.9 Å². The Morgan fingerprint density at radius 2 is 1.71 bits per heavy atom. The number of fused-ring (bicyclic) bond motifs is 1. The lowest BCUT2D eigenvalue weighted by molar-refractivity contribution is 0.106. The summed E-state index contributed by atoms with van der Waals surface area (Å²) < 4.78 is 0. The fourth-order valence-corrected chi connectivity index (χ4v) is 5.58. The normalized spacial score (nSPS) is 37.4. The first kappa shape index (κ1) is 19.0. The van der Waals surface area contributed by atoms with Crippen LogP contribution in [-0.4, -0.2) is 52.2 Å². The van der Waals surface area contributed by atoms with Gasteiger partial charge in [-0.25, -0.2) is 0 Å². The fraction of sp³-hybridized carbons (Fsp3) is 1.00. The van der Waals surface area contributed by atoms with Gasteiger partial charge in [0.25, 0.3) is 0 Å². The van der Waals surface area contributed by atoms with Crippen molar-refractivity contribution in [1.82, 2.24) is 10.2 Å². The maximum atomic E-state index is 8.98. The minimum Gasteiger partial charge on any atom is -0.427 e. The van der Waals surface area contributed by atoms with Gasteiger partial charge in [-0.3, -0.25) is 10.2 Å². The topological polar surface area (TPSA) is 55.7 Å². The van der Waals surface area contributed by atoms with Gasteiger partial charge in [-0.15, -0.1) is 11.6 Å². The molecule has 5 unspecified atom stereocenters. The standard InChI is InChI=1S/C18H34BClN2O2/c20-15-9-3-2-8-14(15)18-21-16-10-4-5-11-17(16)22(18)13-7-1-6-12-19(23)24/h14-18,21,23-24H,1-13H2. The number of hydrogen-bond donors (Lipinski definition) is 3. The van der Waals surface area contributed by atoms with E-state index in [1.807, 2.05) is 0 Å². The summed E-state index contributed by atoms with van der Waals surface area (Å²) in [5, 5.41) is 22.2. The number of nitrogens with zero attached hydrogens (tertiary/aromatic N) is 1. The highest BCUT2D eigenvalue weighted by atomic mass is 35.5. The van der Waals surface area contributed by atoms with Gasteiger partial charge >= 0.3 is 7.12 Å². The molecular formula is C18H34BClN2O2. The predicted molar refractivity (Wildman–Crippen MR) is 100 cm³/mol. The molecule has 5 atom stereocenters. The van der Waals surface area contributed by atoms with Crippen molar-refractivity contribution >= 4 is 18.7 Å². The Morgan fingerprint density at radius 3 is 2.50 bits per heavy atom. The monoisotopic (exact) mass is 356 g/mol. The largest absolute Gasteiger partial charge is 0.451 e. The molecule has 3 N–H and O–H groups in total. The van der Waals surface area contributed by atoms with E-state index in [9.17, 15) is 0 Å². The first-order valence-electron chi connectivity index (χ1n) is 10.2. The number of halogens is 1. The molecule has 24 heavy (non-hydrogen) atoms. The molecule has 0 amide bonds. The molecule has 3 aliphatic rings. The quantitative estimate of drug-likeness (QED) is 0.373. The lowest BCUT2D eigenvalue weighted by Gasteiger charge is -2.38. The second-order valence-electron chi connectivity index (χ2n) is 8.10. The van der Waals surface area contributed by atoms with E-state index in [4.69, 9.17) is 21.6 Å². The number of unbranched alkanes of at least 4 members (excludes halogenated alkanes) is 2. The Hall–Kier alpha value is 0.195. The van der Waals surface area contributed by atoms with Crippen molar-refractivity contribution in [3.8, 4) is 0 Å². The van der Waals surface area contributed by atoms with Gasteiger partial charge in [0.15, 0.2) is 0 Å². The number of rotatable bonds is 7. The molecule has 6 heteroatoms. The molecular weight excluding hydrogens is 322 g/mol. The third kappa shape index (κ3) is 4.67. The van der Waals surface area contributed by atoms with Crippen LogP contribution in [0.15, 0.2) is 0 Å². The average molecular weight is 357 g/mol. The number of nitrogens with one attached hydrogen (secondary N) is 1. The molecule has 4 nitrogen and oxygen atoms in total. The Balaban J connectivity index is 1.57. The average Bonchev–Trinajstić information content (AvgIpc) is 2.93. The summed E-state index contributed by atoms with van der Waals surface area (Å²) in [7, 11) is -1.15. The van der Waals surface area contributed by atoms with E-state index in [2.05, 4.69) is 10.2 Å². The first-order chi connectivity index (χ1) is 11.7. The molecule has 138 valence electrons. The lowest BCUT2D eigenvalue weighted by Crippen LogP contribution is -2.48. The molecule has 1 aliphatic heterocycles. The van der Waals surface area contributed by atoms with Crippen LogP contribution in [0.25, 0.3) is 0 Å². The third-order valence-electron chi connectivity index (χ3n) is 6.41. The van der Waals surface area contributed by atoms with Crippen molar-refractivity contribution in [2.75, 3.05) is 6.54 Å². The summed E-state index contributed by atoms with van der Waals surface area (Å²) in [6.45, 7) is 1.13. The van der Waals surface area contributed by atoms with Gasteiger partial charge in [-0.05, 0) is 45.0 Å². The maximum absolute atomic E-state index is 8.98. The summed E-state index contributed by atoms with van der Waals surface area (Å²) in [6.07, 6.45) is 14.5. The van der Waals surface area contributed by atoms with Gasteiger partial charge in [-0.2, -0.15) is 0 Å². The molecule has 3 rings (SSSR count). The summed E-state index contributed by atoms with van der Waals surface area (Å²) in [6, 6.07) is 1.35. The van der Waals surface area contributed by atoms with Crippen LogP contribution in [0, 0.1) is 5.92 Å². The zero-order chi connectivity index (χ0) is 16.9. The molecule has 0 aromatic carbocycles. The first-order valence-corrected chi connectivity index (χ1v) is 10.6. The SMILES string of the molecule is OB(O)CCCCCN1C2CCCCC2NC1C1CCCCC1Cl. The molecule has 1 saturated heterocycles. The smallest absolute Gasteiger partial charge is 0.427 e. The van der Waals surface area contributed by atoms with Crippen LogP contribution in [0.5, 0.6) is 0 Å². The molecule has 0 aromatic heterocycles. The van der Waals surface area contributed by atoms with E-state index in [1.165, 1.54) is 51.4 Å². The van der Waals surface area contributed by atoms with E-state index in [-0.39, 0.29) is 0 Å². The van der Waals surface area contributed by atoms with Crippen LogP contribution in [0.1, 0.15) is 70.6 Å². The van der Waals surface area contributed by atoms with Crippen molar-refractivity contribution in [1.29, 1.82) is 0 Å². The lowest BCUT2D eigenvalue weighted by atomic mass is 9.83. The fourth-order valence-electron chi connectivity index (χ4n) is 5.17. The minimum atomic E-state index is -1.15. The summed E-state index contributed by atoms with van der Waals surface area (Å²) >= 11 is 6.72. The van der Waals surface area contributed by atoms with Gasteiger partial charge in [0, 0.05) is 23.4 Å². The van der Waals surface area contributed by atoms with Crippen LogP contribution < -0.4 is 5.32 Å². The summed E-state index contributed by atoms with van der Waals surface area (Å²) in [4.78, 5) is 2.74. The zero-order valence-corrected chi connectivity index (χ0v) is 15.6. The predicted octanol–water partition coefficient (Wildman–Crippen LogP) is 2.97. The highest BCUT2D eigenvalue weighted by Gasteiger charge is 2.46. The van der Waals surface area contributed by atoms with E-state index >= 15 is 0 Å². The van der Waals surface area contributed by atoms with Gasteiger partial charge < -0.3 is 10.0 Å². The zero-order valence-electron chi connectivity index (χ0n) is 14.9. The molecule has 3 fully saturated rings. The molecule has 0 spiro atoms. The van der Waals surface area contributed by atoms with E-state index in [0.717, 1.165) is 25.8 Å². The molecule has 1 heterocycles. The minimum absolute atomic E-state index is 0.323. The Morgan fingerprint density at radius 1 is 0.958 bits per heavy atom. The van der Waals surface area contributed by atoms with Crippen LogP contribution in [0.2, 0.25) is 6.32 Å². The van der Waals surface area contributed by atoms with Crippen LogP contribution in [0.4, 0.5) is 0 Å². The molecule has 2 saturated carbocycles. The second-order valence-corrected chi connectivity index (χ2v) is 8.66. The van der Waals surface area contributed by atoms with Gasteiger partial charge in [0.05, 0.1) is 6.17 Å². The maximum Gasteiger partial charge on any atom is 0.451 e. The van der Waals surface area contributed by atoms with Crippen molar-refractivity contribution in [3.63, 3.8) is 0 Å². The summed E-state index contributed by atoms with van der Waals surface area (Å²) in [5.74, 6) is 0.588. The highest BCUT2D eigenvalue weighted by molar-refractivity contribution is 6.40. The van der Waals surface area contributed by atoms with Crippen molar-refractivity contribution in [3.05, 3.63) is 0 Å². The van der Waals surface area contributed by atoms with Crippen LogP contribution in [-0.2, 0) is 0 Å². The van der Waals surface area contributed by atoms with Gasteiger partial charge in [0.2, 0.25) is 0 Å². The summed E-state index contributed by atoms with van der Waals surface area (Å²) in [5.41, 5.74) is 0. The van der Waals surface area contributed by atoms with Crippen molar-refractivity contribution in [2.24, 2.45) is 5.92 Å². The molecule has 0 bridgehead atoms. The van der Waals surface area contributed by atoms with Gasteiger partial charge in [-0.1, -0.05) is 38.5 Å². The molecule has 0 radical (unpaired) electrons. The number of hydrogen-bond acceptors (Lipinski definition) is 4. The molecule has 0 aromatic rings. The van der Waals surface area contributed by atoms with Crippen molar-refractivity contribution < 1.29 is 10.0 Å². The molecule has 2 aliphatic carbocycles. The van der Waals surface area contributed by atoms with Crippen LogP contribution in [0.3, 0.4) is 0 Å². The third-order valence-corrected chi connectivity index (χ3v) is 6.96. The Kier molecular flexibility index (Phi) is 7.29. The Labute approximate surface area is 152 Å². The van der Waals surface area contributed by atoms with Crippen molar-refractivity contribution in [2.45, 2.75) is 101 Å². The number of alkyl halides is 1. The second kappa shape index (κ2) is 9.22. The van der Waals surface area contributed by atoms with E-state index < -0.39 is 7.12 Å². The van der Waals surface area contributed by atoms with E-state index in [1.54, 1.807) is 0 Å². The highest BCUT2D eigenvalue weighted by Crippen LogP contribution is 2.39. The van der Waals surface area contributed by atoms with Crippen LogP contribution >= 0.6 is 11.6 Å². The Bertz CT molecular complexity index is 388.